The summed E-state index contributed by atoms with van der Waals surface area (Å²) in [7, 11) is 0. The first-order valence-electron chi connectivity index (χ1n) is 11.4. The Morgan fingerprint density at radius 2 is 1.31 bits per heavy atom. The molecule has 1 aromatic rings. The number of hydrogen-bond acceptors (Lipinski definition) is 1. The largest absolute Gasteiger partial charge is 0.379 e. The highest BCUT2D eigenvalue weighted by atomic mass is 16.5. The number of aryl methyl sites for hydroxylation is 1. The van der Waals surface area contributed by atoms with Crippen molar-refractivity contribution >= 4 is 0 Å². The van der Waals surface area contributed by atoms with Gasteiger partial charge in [-0.05, 0) is 113 Å². The Kier molecular flexibility index (Phi) is 6.03. The first kappa shape index (κ1) is 18.5. The monoisotopic (exact) mass is 354 g/mol. The van der Waals surface area contributed by atoms with Crippen molar-refractivity contribution in [3.05, 3.63) is 35.4 Å². The van der Waals surface area contributed by atoms with E-state index in [4.69, 9.17) is 4.74 Å². The molecule has 0 bridgehead atoms. The van der Waals surface area contributed by atoms with Gasteiger partial charge in [0.2, 0.25) is 0 Å². The van der Waals surface area contributed by atoms with E-state index in [0.717, 1.165) is 36.2 Å². The molecule has 0 saturated heterocycles. The normalized spacial score (nSPS) is 37.9. The summed E-state index contributed by atoms with van der Waals surface area (Å²) in [4.78, 5) is 0. The number of fused-ring (bicyclic) bond motifs is 1. The lowest BCUT2D eigenvalue weighted by Crippen LogP contribution is -2.35. The van der Waals surface area contributed by atoms with Gasteiger partial charge in [0.25, 0.3) is 0 Å². The highest BCUT2D eigenvalue weighted by Crippen LogP contribution is 2.50. The zero-order valence-electron chi connectivity index (χ0n) is 17.0. The quantitative estimate of drug-likeness (QED) is 0.572. The molecule has 3 fully saturated rings. The minimum Gasteiger partial charge on any atom is -0.379 e. The van der Waals surface area contributed by atoms with Gasteiger partial charge < -0.3 is 4.74 Å². The van der Waals surface area contributed by atoms with E-state index in [2.05, 4.69) is 38.1 Å². The van der Waals surface area contributed by atoms with Crippen molar-refractivity contribution in [1.82, 2.24) is 0 Å². The Hall–Kier alpha value is -0.820. The van der Waals surface area contributed by atoms with E-state index >= 15 is 0 Å². The Balaban J connectivity index is 1.29. The molecule has 0 spiro atoms. The van der Waals surface area contributed by atoms with Crippen molar-refractivity contribution in [3.63, 3.8) is 0 Å². The average molecular weight is 355 g/mol. The standard InChI is InChI=1S/C25H38O/c1-3-26-25-14-12-20(13-15-25)22-9-11-23-16-21(8-10-24(23)17-22)19-6-4-18(2)5-7-19/h4-7,20-25H,3,8-17H2,1-2H3. The summed E-state index contributed by atoms with van der Waals surface area (Å²) in [6, 6.07) is 9.39. The van der Waals surface area contributed by atoms with Gasteiger partial charge in [-0.1, -0.05) is 29.8 Å². The van der Waals surface area contributed by atoms with Crippen molar-refractivity contribution < 1.29 is 4.74 Å². The molecule has 0 aromatic heterocycles. The van der Waals surface area contributed by atoms with E-state index in [0.29, 0.717) is 6.10 Å². The van der Waals surface area contributed by atoms with Crippen LogP contribution in [0, 0.1) is 30.6 Å². The lowest BCUT2D eigenvalue weighted by atomic mass is 9.60. The molecule has 0 radical (unpaired) electrons. The van der Waals surface area contributed by atoms with Crippen LogP contribution >= 0.6 is 0 Å². The number of rotatable bonds is 4. The number of benzene rings is 1. The molecule has 144 valence electrons. The van der Waals surface area contributed by atoms with Gasteiger partial charge in [-0.15, -0.1) is 0 Å². The summed E-state index contributed by atoms with van der Waals surface area (Å²) in [5.41, 5.74) is 2.99. The Morgan fingerprint density at radius 1 is 0.731 bits per heavy atom. The molecular weight excluding hydrogens is 316 g/mol. The van der Waals surface area contributed by atoms with Crippen LogP contribution in [0.1, 0.15) is 88.2 Å². The Bertz CT molecular complexity index is 554. The van der Waals surface area contributed by atoms with Gasteiger partial charge in [-0.25, -0.2) is 0 Å². The second-order valence-electron chi connectivity index (χ2n) is 9.51. The second-order valence-corrected chi connectivity index (χ2v) is 9.51. The van der Waals surface area contributed by atoms with Crippen molar-refractivity contribution in [2.75, 3.05) is 6.61 Å². The van der Waals surface area contributed by atoms with Crippen molar-refractivity contribution in [3.8, 4) is 0 Å². The second kappa shape index (κ2) is 8.46. The smallest absolute Gasteiger partial charge is 0.0575 e. The first-order valence-corrected chi connectivity index (χ1v) is 11.4. The van der Waals surface area contributed by atoms with E-state index in [1.807, 2.05) is 0 Å². The van der Waals surface area contributed by atoms with Crippen LogP contribution in [0.2, 0.25) is 0 Å². The van der Waals surface area contributed by atoms with Crippen LogP contribution in [-0.4, -0.2) is 12.7 Å². The lowest BCUT2D eigenvalue weighted by molar-refractivity contribution is 0.00583. The summed E-state index contributed by atoms with van der Waals surface area (Å²) in [6.07, 6.45) is 15.0. The van der Waals surface area contributed by atoms with Crippen LogP contribution in [0.25, 0.3) is 0 Å². The SMILES string of the molecule is CCOC1CCC(C2CCC3CC(c4ccc(C)cc4)CCC3C2)CC1. The molecule has 0 heterocycles. The molecule has 3 aliphatic carbocycles. The molecule has 0 N–H and O–H groups in total. The van der Waals surface area contributed by atoms with Gasteiger partial charge in [0.15, 0.2) is 0 Å². The maximum Gasteiger partial charge on any atom is 0.0575 e. The summed E-state index contributed by atoms with van der Waals surface area (Å²) in [5.74, 6) is 4.89. The van der Waals surface area contributed by atoms with Gasteiger partial charge in [-0.3, -0.25) is 0 Å². The molecule has 3 saturated carbocycles. The van der Waals surface area contributed by atoms with E-state index in [9.17, 15) is 0 Å². The highest BCUT2D eigenvalue weighted by molar-refractivity contribution is 5.25. The zero-order chi connectivity index (χ0) is 17.9. The Morgan fingerprint density at radius 3 is 2.00 bits per heavy atom. The van der Waals surface area contributed by atoms with Crippen molar-refractivity contribution in [1.29, 1.82) is 0 Å². The third-order valence-corrected chi connectivity index (χ3v) is 7.99. The highest BCUT2D eigenvalue weighted by Gasteiger charge is 2.39. The van der Waals surface area contributed by atoms with Crippen LogP contribution in [-0.2, 0) is 4.74 Å². The molecule has 4 rings (SSSR count). The molecule has 26 heavy (non-hydrogen) atoms. The number of hydrogen-bond donors (Lipinski definition) is 0. The van der Waals surface area contributed by atoms with Crippen molar-refractivity contribution in [2.45, 2.75) is 90.1 Å². The number of ether oxygens (including phenoxy) is 1. The fourth-order valence-electron chi connectivity index (χ4n) is 6.46. The van der Waals surface area contributed by atoms with E-state index < -0.39 is 0 Å². The molecular formula is C25H38O. The molecule has 3 aliphatic rings. The molecule has 1 aromatic carbocycles. The van der Waals surface area contributed by atoms with Gasteiger partial charge in [0.05, 0.1) is 6.10 Å². The van der Waals surface area contributed by atoms with Gasteiger partial charge >= 0.3 is 0 Å². The van der Waals surface area contributed by atoms with E-state index in [-0.39, 0.29) is 0 Å². The summed E-state index contributed by atoms with van der Waals surface area (Å²) in [5, 5.41) is 0. The minimum absolute atomic E-state index is 0.567. The van der Waals surface area contributed by atoms with E-state index in [1.54, 1.807) is 5.56 Å². The van der Waals surface area contributed by atoms with Gasteiger partial charge in [0.1, 0.15) is 0 Å². The minimum atomic E-state index is 0.567. The van der Waals surface area contributed by atoms with Crippen LogP contribution in [0.3, 0.4) is 0 Å². The van der Waals surface area contributed by atoms with E-state index in [1.165, 1.54) is 69.8 Å². The average Bonchev–Trinajstić information content (AvgIpc) is 2.69. The summed E-state index contributed by atoms with van der Waals surface area (Å²) >= 11 is 0. The molecule has 1 heteroatoms. The molecule has 1 nitrogen and oxygen atoms in total. The topological polar surface area (TPSA) is 9.23 Å². The van der Waals surface area contributed by atoms with Gasteiger partial charge in [0, 0.05) is 6.61 Å². The van der Waals surface area contributed by atoms with Gasteiger partial charge in [-0.2, -0.15) is 0 Å². The lowest BCUT2D eigenvalue weighted by Gasteiger charge is -2.45. The molecule has 4 unspecified atom stereocenters. The van der Waals surface area contributed by atoms with Crippen LogP contribution in [0.15, 0.2) is 24.3 Å². The third-order valence-electron chi connectivity index (χ3n) is 7.99. The molecule has 0 amide bonds. The summed E-state index contributed by atoms with van der Waals surface area (Å²) < 4.78 is 5.87. The summed E-state index contributed by atoms with van der Waals surface area (Å²) in [6.45, 7) is 5.23. The maximum absolute atomic E-state index is 5.87. The predicted octanol–water partition coefficient (Wildman–Crippen LogP) is 6.89. The zero-order valence-corrected chi connectivity index (χ0v) is 17.0. The third kappa shape index (κ3) is 4.19. The molecule has 0 aliphatic heterocycles. The Labute approximate surface area is 160 Å². The predicted molar refractivity (Wildman–Crippen MR) is 109 cm³/mol. The first-order chi connectivity index (χ1) is 12.7. The maximum atomic E-state index is 5.87. The van der Waals surface area contributed by atoms with Crippen LogP contribution in [0.5, 0.6) is 0 Å². The van der Waals surface area contributed by atoms with Crippen LogP contribution < -0.4 is 0 Å². The fourth-order valence-corrected chi connectivity index (χ4v) is 6.46. The van der Waals surface area contributed by atoms with Crippen LogP contribution in [0.4, 0.5) is 0 Å². The van der Waals surface area contributed by atoms with Crippen molar-refractivity contribution in [2.24, 2.45) is 23.7 Å². The fraction of sp³-hybridized carbons (Fsp3) is 0.760. The molecule has 4 atom stereocenters.